The lowest BCUT2D eigenvalue weighted by molar-refractivity contribution is -0.127. The molecule has 0 spiro atoms. The molecule has 200 valence electrons. The monoisotopic (exact) mass is 528 g/mol. The number of phenols is 1. The number of nitrogens with zero attached hydrogens (tertiary/aromatic N) is 5. The van der Waals surface area contributed by atoms with E-state index in [9.17, 15) is 19.1 Å². The number of hydrogen-bond acceptors (Lipinski definition) is 6. The van der Waals surface area contributed by atoms with Gasteiger partial charge in [-0.15, -0.1) is 10.2 Å². The van der Waals surface area contributed by atoms with Crippen LogP contribution in [0, 0.1) is 12.7 Å². The first-order chi connectivity index (χ1) is 18.9. The summed E-state index contributed by atoms with van der Waals surface area (Å²) >= 11 is 0. The number of benzene rings is 3. The number of halogens is 1. The van der Waals surface area contributed by atoms with Gasteiger partial charge in [0.05, 0.1) is 0 Å². The van der Waals surface area contributed by atoms with Crippen LogP contribution >= 0.6 is 0 Å². The summed E-state index contributed by atoms with van der Waals surface area (Å²) in [6.07, 6.45) is 3.87. The molecule has 1 saturated carbocycles. The van der Waals surface area contributed by atoms with Gasteiger partial charge in [0, 0.05) is 17.3 Å². The lowest BCUT2D eigenvalue weighted by Crippen LogP contribution is -2.47. The molecule has 4 aromatic rings. The third kappa shape index (κ3) is 6.11. The van der Waals surface area contributed by atoms with E-state index in [1.54, 1.807) is 18.2 Å². The standard InChI is InChI=1S/C29H29FN6O3/c1-19-5-4-8-24(17-19)36(26(38)18-35-33-28(32-34-35)21-9-13-22(30)14-10-21)27(20-11-15-25(37)16-12-20)29(39)31-23-6-2-3-7-23/h4-5,8-17,23,27,37H,2-3,6-7,18H2,1H3,(H,31,39)/t27-/m1/s1. The van der Waals surface area contributed by atoms with Crippen molar-refractivity contribution >= 4 is 17.5 Å². The van der Waals surface area contributed by atoms with Crippen molar-refractivity contribution in [3.05, 3.63) is 89.7 Å². The van der Waals surface area contributed by atoms with Crippen molar-refractivity contribution in [3.8, 4) is 17.1 Å². The van der Waals surface area contributed by atoms with Crippen LogP contribution in [0.5, 0.6) is 5.75 Å². The summed E-state index contributed by atoms with van der Waals surface area (Å²) in [4.78, 5) is 30.4. The Morgan fingerprint density at radius 2 is 1.79 bits per heavy atom. The van der Waals surface area contributed by atoms with Crippen molar-refractivity contribution in [1.29, 1.82) is 0 Å². The highest BCUT2D eigenvalue weighted by molar-refractivity contribution is 6.01. The lowest BCUT2D eigenvalue weighted by Gasteiger charge is -2.32. The molecule has 5 rings (SSSR count). The minimum Gasteiger partial charge on any atom is -0.508 e. The predicted molar refractivity (Wildman–Crippen MR) is 143 cm³/mol. The van der Waals surface area contributed by atoms with E-state index >= 15 is 0 Å². The van der Waals surface area contributed by atoms with E-state index in [0.29, 0.717) is 16.8 Å². The summed E-state index contributed by atoms with van der Waals surface area (Å²) < 4.78 is 13.3. The molecule has 9 nitrogen and oxygen atoms in total. The smallest absolute Gasteiger partial charge is 0.251 e. The number of carbonyl (C=O) groups excluding carboxylic acids is 2. The highest BCUT2D eigenvalue weighted by Crippen LogP contribution is 2.31. The van der Waals surface area contributed by atoms with Crippen LogP contribution < -0.4 is 10.2 Å². The normalized spacial score (nSPS) is 14.2. The maximum absolute atomic E-state index is 14.0. The minimum absolute atomic E-state index is 0.0434. The van der Waals surface area contributed by atoms with E-state index in [-0.39, 0.29) is 35.9 Å². The van der Waals surface area contributed by atoms with Gasteiger partial charge in [-0.05, 0) is 84.6 Å². The van der Waals surface area contributed by atoms with Crippen LogP contribution in [-0.2, 0) is 16.1 Å². The molecule has 2 N–H and O–H groups in total. The van der Waals surface area contributed by atoms with Gasteiger partial charge in [0.25, 0.3) is 5.91 Å². The maximum atomic E-state index is 14.0. The van der Waals surface area contributed by atoms with Crippen molar-refractivity contribution in [2.24, 2.45) is 0 Å². The average Bonchev–Trinajstić information content (AvgIpc) is 3.60. The molecule has 1 atom stereocenters. The largest absolute Gasteiger partial charge is 0.508 e. The number of tetrazole rings is 1. The zero-order valence-corrected chi connectivity index (χ0v) is 21.5. The van der Waals surface area contributed by atoms with Crippen LogP contribution in [0.4, 0.5) is 10.1 Å². The van der Waals surface area contributed by atoms with Gasteiger partial charge in [-0.1, -0.05) is 37.1 Å². The van der Waals surface area contributed by atoms with Crippen LogP contribution in [0.2, 0.25) is 0 Å². The number of nitrogens with one attached hydrogen (secondary N) is 1. The molecular weight excluding hydrogens is 499 g/mol. The van der Waals surface area contributed by atoms with Crippen LogP contribution in [0.3, 0.4) is 0 Å². The van der Waals surface area contributed by atoms with Crippen LogP contribution in [0.15, 0.2) is 72.8 Å². The van der Waals surface area contributed by atoms with E-state index in [0.717, 1.165) is 36.0 Å². The molecular formula is C29H29FN6O3. The fourth-order valence-electron chi connectivity index (χ4n) is 4.86. The quantitative estimate of drug-likeness (QED) is 0.352. The first kappa shape index (κ1) is 26.0. The first-order valence-corrected chi connectivity index (χ1v) is 12.9. The SMILES string of the molecule is Cc1cccc(N(C(=O)Cn2nnc(-c3ccc(F)cc3)n2)[C@@H](C(=O)NC2CCCC2)c2ccc(O)cc2)c1. The summed E-state index contributed by atoms with van der Waals surface area (Å²) in [6.45, 7) is 1.63. The van der Waals surface area contributed by atoms with Gasteiger partial charge >= 0.3 is 0 Å². The Labute approximate surface area is 225 Å². The van der Waals surface area contributed by atoms with Gasteiger partial charge in [0.15, 0.2) is 0 Å². The van der Waals surface area contributed by atoms with Gasteiger partial charge in [0.1, 0.15) is 24.2 Å². The Morgan fingerprint density at radius 3 is 2.49 bits per heavy atom. The fourth-order valence-corrected chi connectivity index (χ4v) is 4.86. The first-order valence-electron chi connectivity index (χ1n) is 12.9. The number of rotatable bonds is 8. The minimum atomic E-state index is -0.999. The number of anilines is 1. The third-order valence-corrected chi connectivity index (χ3v) is 6.80. The summed E-state index contributed by atoms with van der Waals surface area (Å²) in [6, 6.07) is 18.3. The van der Waals surface area contributed by atoms with Gasteiger partial charge < -0.3 is 10.4 Å². The van der Waals surface area contributed by atoms with E-state index in [2.05, 4.69) is 20.7 Å². The van der Waals surface area contributed by atoms with E-state index < -0.39 is 11.9 Å². The fraction of sp³-hybridized carbons (Fsp3) is 0.276. The Balaban J connectivity index is 1.50. The van der Waals surface area contributed by atoms with Gasteiger partial charge in [-0.25, -0.2) is 4.39 Å². The Kier molecular flexibility index (Phi) is 7.62. The van der Waals surface area contributed by atoms with Crippen molar-refractivity contribution in [3.63, 3.8) is 0 Å². The van der Waals surface area contributed by atoms with Crippen molar-refractivity contribution in [2.75, 3.05) is 4.90 Å². The van der Waals surface area contributed by atoms with Gasteiger partial charge in [0.2, 0.25) is 11.7 Å². The predicted octanol–water partition coefficient (Wildman–Crippen LogP) is 4.33. The van der Waals surface area contributed by atoms with E-state index in [1.165, 1.54) is 41.3 Å². The number of amides is 2. The highest BCUT2D eigenvalue weighted by Gasteiger charge is 2.34. The molecule has 0 bridgehead atoms. The molecule has 3 aromatic carbocycles. The average molecular weight is 529 g/mol. The van der Waals surface area contributed by atoms with Crippen molar-refractivity contribution < 1.29 is 19.1 Å². The van der Waals surface area contributed by atoms with Crippen LogP contribution in [0.25, 0.3) is 11.4 Å². The van der Waals surface area contributed by atoms with Gasteiger partial charge in [-0.3, -0.25) is 14.5 Å². The maximum Gasteiger partial charge on any atom is 0.251 e. The lowest BCUT2D eigenvalue weighted by atomic mass is 10.0. The second kappa shape index (κ2) is 11.4. The summed E-state index contributed by atoms with van der Waals surface area (Å²) in [5.74, 6) is -0.809. The second-order valence-corrected chi connectivity index (χ2v) is 9.74. The number of carbonyl (C=O) groups is 2. The van der Waals surface area contributed by atoms with Crippen molar-refractivity contribution in [1.82, 2.24) is 25.5 Å². The zero-order valence-electron chi connectivity index (χ0n) is 21.5. The molecule has 0 aliphatic heterocycles. The van der Waals surface area contributed by atoms with Crippen LogP contribution in [-0.4, -0.2) is 43.2 Å². The number of aromatic nitrogens is 4. The highest BCUT2D eigenvalue weighted by atomic mass is 19.1. The summed E-state index contributed by atoms with van der Waals surface area (Å²) in [7, 11) is 0. The van der Waals surface area contributed by atoms with Crippen molar-refractivity contribution in [2.45, 2.75) is 51.2 Å². The molecule has 0 radical (unpaired) electrons. The molecule has 1 aromatic heterocycles. The molecule has 1 aliphatic carbocycles. The summed E-state index contributed by atoms with van der Waals surface area (Å²) in [5, 5.41) is 25.4. The number of phenolic OH excluding ortho intramolecular Hbond substituents is 1. The Hall–Kier alpha value is -4.60. The number of aromatic hydroxyl groups is 1. The zero-order chi connectivity index (χ0) is 27.4. The molecule has 0 saturated heterocycles. The Morgan fingerprint density at radius 1 is 1.08 bits per heavy atom. The topological polar surface area (TPSA) is 113 Å². The molecule has 1 heterocycles. The number of hydrogen-bond donors (Lipinski definition) is 2. The number of aryl methyl sites for hydroxylation is 1. The van der Waals surface area contributed by atoms with E-state index in [4.69, 9.17) is 0 Å². The third-order valence-electron chi connectivity index (χ3n) is 6.80. The van der Waals surface area contributed by atoms with Gasteiger partial charge in [-0.2, -0.15) is 4.80 Å². The van der Waals surface area contributed by atoms with E-state index in [1.807, 2.05) is 25.1 Å². The molecule has 10 heteroatoms. The van der Waals surface area contributed by atoms with Crippen LogP contribution in [0.1, 0.15) is 42.9 Å². The Bertz CT molecular complexity index is 1450. The molecule has 1 aliphatic rings. The summed E-state index contributed by atoms with van der Waals surface area (Å²) in [5.41, 5.74) is 2.57. The second-order valence-electron chi connectivity index (χ2n) is 9.74. The molecule has 1 fully saturated rings. The molecule has 0 unspecified atom stereocenters. The molecule has 39 heavy (non-hydrogen) atoms. The molecule has 2 amide bonds.